The summed E-state index contributed by atoms with van der Waals surface area (Å²) in [5, 5.41) is 0. The van der Waals surface area contributed by atoms with Crippen molar-refractivity contribution < 1.29 is 22.0 Å². The minimum absolute atomic E-state index is 1.31. The van der Waals surface area contributed by atoms with Crippen LogP contribution in [0.4, 0.5) is 22.0 Å². The molecule has 0 bridgehead atoms. The van der Waals surface area contributed by atoms with Gasteiger partial charge in [0.15, 0.2) is 0 Å². The Morgan fingerprint density at radius 3 is 1.13 bits per heavy atom. The van der Waals surface area contributed by atoms with Crippen molar-refractivity contribution in [1.82, 2.24) is 0 Å². The molecule has 86 valence electrons. The molecule has 0 saturated heterocycles. The molecule has 0 fully saturated rings. The fraction of sp³-hybridized carbons (Fsp3) is 0. The van der Waals surface area contributed by atoms with Gasteiger partial charge in [-0.2, -0.15) is 0 Å². The summed E-state index contributed by atoms with van der Waals surface area (Å²) in [6.07, 6.45) is 0. The molecule has 0 saturated carbocycles. The third kappa shape index (κ3) is 2.45. The summed E-state index contributed by atoms with van der Waals surface area (Å²) in [5.74, 6) is -10.6. The van der Waals surface area contributed by atoms with E-state index in [0.717, 1.165) is 0 Å². The molecular formula is C6Cl3F5Te. The van der Waals surface area contributed by atoms with Gasteiger partial charge < -0.3 is 0 Å². The van der Waals surface area contributed by atoms with Gasteiger partial charge in [0.05, 0.1) is 0 Å². The van der Waals surface area contributed by atoms with Crippen LogP contribution in [0.15, 0.2) is 0 Å². The van der Waals surface area contributed by atoms with E-state index in [0.29, 0.717) is 0 Å². The Labute approximate surface area is 95.9 Å². The zero-order valence-corrected chi connectivity index (χ0v) is 11.0. The van der Waals surface area contributed by atoms with E-state index in [1.807, 2.05) is 0 Å². The summed E-state index contributed by atoms with van der Waals surface area (Å²) in [7, 11) is 15.8. The predicted molar refractivity (Wildman–Crippen MR) is 49.2 cm³/mol. The van der Waals surface area contributed by atoms with E-state index in [1.165, 1.54) is 0 Å². The zero-order chi connectivity index (χ0) is 12.0. The van der Waals surface area contributed by atoms with Gasteiger partial charge >= 0.3 is 96.4 Å². The van der Waals surface area contributed by atoms with Crippen LogP contribution in [0.3, 0.4) is 0 Å². The topological polar surface area (TPSA) is 0 Å². The summed E-state index contributed by atoms with van der Waals surface area (Å²) >= 11 is -4.72. The standard InChI is InChI=1S/C6Cl3F5Te/c7-15(8,9)6-4(13)2(11)1(10)3(12)5(6)14. The number of benzene rings is 1. The van der Waals surface area contributed by atoms with Crippen molar-refractivity contribution in [1.29, 1.82) is 0 Å². The molecule has 9 heteroatoms. The molecule has 0 atom stereocenters. The molecule has 0 radical (unpaired) electrons. The number of hydrogen-bond acceptors (Lipinski definition) is 0. The molecule has 0 N–H and O–H groups in total. The van der Waals surface area contributed by atoms with Crippen LogP contribution in [0, 0.1) is 29.1 Å². The monoisotopic (exact) mass is 402 g/mol. The van der Waals surface area contributed by atoms with Gasteiger partial charge in [-0.3, -0.25) is 0 Å². The van der Waals surface area contributed by atoms with Crippen molar-refractivity contribution in [2.45, 2.75) is 0 Å². The Balaban J connectivity index is 3.68. The third-order valence-electron chi connectivity index (χ3n) is 1.40. The van der Waals surface area contributed by atoms with Crippen LogP contribution in [-0.4, -0.2) is 14.8 Å². The second-order valence-corrected chi connectivity index (χ2v) is 18.3. The molecule has 0 spiro atoms. The zero-order valence-electron chi connectivity index (χ0n) is 6.43. The van der Waals surface area contributed by atoms with Gasteiger partial charge in [-0.1, -0.05) is 0 Å². The molecule has 0 aromatic heterocycles. The first kappa shape index (κ1) is 13.6. The number of rotatable bonds is 1. The summed E-state index contributed by atoms with van der Waals surface area (Å²) in [5.41, 5.74) is 0. The van der Waals surface area contributed by atoms with E-state index in [1.54, 1.807) is 0 Å². The van der Waals surface area contributed by atoms with E-state index < -0.39 is 47.5 Å². The Bertz CT molecular complexity index is 387. The van der Waals surface area contributed by atoms with Crippen LogP contribution in [0.1, 0.15) is 0 Å². The van der Waals surface area contributed by atoms with Gasteiger partial charge in [-0.05, 0) is 0 Å². The first-order valence-electron chi connectivity index (χ1n) is 3.11. The summed E-state index contributed by atoms with van der Waals surface area (Å²) in [4.78, 5) is 0. The summed E-state index contributed by atoms with van der Waals surface area (Å²) in [6, 6.07) is 0. The molecular weight excluding hydrogens is 401 g/mol. The van der Waals surface area contributed by atoms with Gasteiger partial charge in [0.25, 0.3) is 0 Å². The average molecular weight is 401 g/mol. The van der Waals surface area contributed by atoms with E-state index in [2.05, 4.69) is 0 Å². The quantitative estimate of drug-likeness (QED) is 0.294. The maximum absolute atomic E-state index is 13.0. The first-order valence-corrected chi connectivity index (χ1v) is 13.1. The van der Waals surface area contributed by atoms with Crippen molar-refractivity contribution in [2.75, 3.05) is 0 Å². The Morgan fingerprint density at radius 2 is 0.867 bits per heavy atom. The van der Waals surface area contributed by atoms with Crippen LogP contribution in [-0.2, 0) is 0 Å². The summed E-state index contributed by atoms with van der Waals surface area (Å²) in [6.45, 7) is 0. The molecule has 0 aliphatic carbocycles. The Hall–Kier alpha value is 0.530. The number of hydrogen-bond donors (Lipinski definition) is 0. The predicted octanol–water partition coefficient (Wildman–Crippen LogP) is 3.24. The fourth-order valence-corrected chi connectivity index (χ4v) is 5.19. The van der Waals surface area contributed by atoms with Crippen molar-refractivity contribution >= 4 is 45.3 Å². The molecule has 0 aliphatic heterocycles. The van der Waals surface area contributed by atoms with Crippen molar-refractivity contribution in [3.05, 3.63) is 29.1 Å². The SMILES string of the molecule is Fc1c(F)c(F)c([Te](Cl)(Cl)Cl)c(F)c1F. The van der Waals surface area contributed by atoms with Crippen LogP contribution < -0.4 is 3.61 Å². The van der Waals surface area contributed by atoms with Crippen molar-refractivity contribution in [2.24, 2.45) is 0 Å². The van der Waals surface area contributed by atoms with E-state index >= 15 is 0 Å². The molecule has 1 aromatic carbocycles. The molecule has 1 aromatic rings. The van der Waals surface area contributed by atoms with E-state index in [-0.39, 0.29) is 0 Å². The molecule has 0 nitrogen and oxygen atoms in total. The van der Waals surface area contributed by atoms with Crippen molar-refractivity contribution in [3.63, 3.8) is 0 Å². The first-order chi connectivity index (χ1) is 6.68. The second kappa shape index (κ2) is 4.42. The van der Waals surface area contributed by atoms with Gasteiger partial charge in [0.1, 0.15) is 0 Å². The Morgan fingerprint density at radius 1 is 0.600 bits per heavy atom. The maximum atomic E-state index is 13.0. The third-order valence-corrected chi connectivity index (χ3v) is 6.85. The van der Waals surface area contributed by atoms with Crippen LogP contribution in [0.2, 0.25) is 0 Å². The van der Waals surface area contributed by atoms with Crippen LogP contribution in [0.5, 0.6) is 0 Å². The molecule has 0 aliphatic rings. The molecule has 0 unspecified atom stereocenters. The molecule has 0 amide bonds. The van der Waals surface area contributed by atoms with Gasteiger partial charge in [-0.25, -0.2) is 0 Å². The van der Waals surface area contributed by atoms with Crippen molar-refractivity contribution in [3.8, 4) is 0 Å². The van der Waals surface area contributed by atoms with Gasteiger partial charge in [-0.15, -0.1) is 0 Å². The second-order valence-electron chi connectivity index (χ2n) is 2.31. The molecule has 15 heavy (non-hydrogen) atoms. The van der Waals surface area contributed by atoms with Crippen LogP contribution in [0.25, 0.3) is 0 Å². The van der Waals surface area contributed by atoms with E-state index in [4.69, 9.17) is 26.9 Å². The number of halogens is 8. The fourth-order valence-electron chi connectivity index (χ4n) is 0.788. The minimum atomic E-state index is -4.72. The average Bonchev–Trinajstić information content (AvgIpc) is 2.09. The normalized spacial score (nSPS) is 13.1. The Kier molecular flexibility index (Phi) is 4.01. The van der Waals surface area contributed by atoms with Gasteiger partial charge in [0, 0.05) is 0 Å². The van der Waals surface area contributed by atoms with Gasteiger partial charge in [0.2, 0.25) is 0 Å². The molecule has 1 rings (SSSR count). The summed E-state index contributed by atoms with van der Waals surface area (Å²) < 4.78 is 62.4. The van der Waals surface area contributed by atoms with E-state index in [9.17, 15) is 22.0 Å². The van der Waals surface area contributed by atoms with Crippen LogP contribution >= 0.6 is 26.9 Å². The molecule has 0 heterocycles.